The summed E-state index contributed by atoms with van der Waals surface area (Å²) in [6.45, 7) is 2.28. The first-order chi connectivity index (χ1) is 12.6. The first-order valence-electron chi connectivity index (χ1n) is 8.66. The van der Waals surface area contributed by atoms with Gasteiger partial charge in [-0.1, -0.05) is 12.1 Å². The Labute approximate surface area is 151 Å². The normalized spacial score (nSPS) is 15.4. The van der Waals surface area contributed by atoms with Gasteiger partial charge >= 0.3 is 0 Å². The highest BCUT2D eigenvalue weighted by Gasteiger charge is 2.31. The average Bonchev–Trinajstić information content (AvgIpc) is 3.22. The lowest BCUT2D eigenvalue weighted by atomic mass is 10.1. The largest absolute Gasteiger partial charge is 0.497 e. The van der Waals surface area contributed by atoms with Crippen molar-refractivity contribution in [2.24, 2.45) is 0 Å². The number of hydrogen-bond donors (Lipinski definition) is 2. The summed E-state index contributed by atoms with van der Waals surface area (Å²) in [6.07, 6.45) is 2.16. The number of nitrogens with one attached hydrogen (secondary N) is 2. The lowest BCUT2D eigenvalue weighted by molar-refractivity contribution is -0.124. The molecule has 0 saturated heterocycles. The van der Waals surface area contributed by atoms with Crippen molar-refractivity contribution in [2.45, 2.75) is 38.8 Å². The van der Waals surface area contributed by atoms with Gasteiger partial charge in [-0.05, 0) is 30.5 Å². The molecule has 2 heterocycles. The zero-order valence-electron chi connectivity index (χ0n) is 15.0. The number of nitrogens with zero attached hydrogens (tertiary/aromatic N) is 3. The molecule has 1 aromatic carbocycles. The van der Waals surface area contributed by atoms with Crippen molar-refractivity contribution in [3.63, 3.8) is 0 Å². The van der Waals surface area contributed by atoms with Crippen molar-refractivity contribution in [1.82, 2.24) is 25.4 Å². The van der Waals surface area contributed by atoms with Gasteiger partial charge in [0.25, 0.3) is 0 Å². The Hall–Kier alpha value is -2.90. The van der Waals surface area contributed by atoms with Crippen molar-refractivity contribution in [3.8, 4) is 5.75 Å². The van der Waals surface area contributed by atoms with Gasteiger partial charge < -0.3 is 19.9 Å². The van der Waals surface area contributed by atoms with Gasteiger partial charge in [0, 0.05) is 19.9 Å². The SMILES string of the molecule is COc1ccc(CCNC(=O)C2CCc3nnc(CNC(C)=O)n32)cc1. The Kier molecular flexibility index (Phi) is 5.50. The van der Waals surface area contributed by atoms with Crippen molar-refractivity contribution in [3.05, 3.63) is 41.5 Å². The highest BCUT2D eigenvalue weighted by Crippen LogP contribution is 2.26. The topological polar surface area (TPSA) is 98.1 Å². The Balaban J connectivity index is 1.56. The molecule has 26 heavy (non-hydrogen) atoms. The molecule has 0 saturated carbocycles. The predicted octanol–water partition coefficient (Wildman–Crippen LogP) is 0.769. The zero-order valence-corrected chi connectivity index (χ0v) is 15.0. The van der Waals surface area contributed by atoms with Crippen molar-refractivity contribution < 1.29 is 14.3 Å². The number of rotatable bonds is 7. The van der Waals surface area contributed by atoms with Gasteiger partial charge in [0.2, 0.25) is 11.8 Å². The number of aryl methyl sites for hydroxylation is 1. The van der Waals surface area contributed by atoms with Gasteiger partial charge in [-0.3, -0.25) is 9.59 Å². The molecule has 2 amide bonds. The number of amides is 2. The second-order valence-electron chi connectivity index (χ2n) is 6.26. The van der Waals surface area contributed by atoms with Crippen molar-refractivity contribution in [1.29, 1.82) is 0 Å². The third-order valence-corrected chi connectivity index (χ3v) is 4.46. The fraction of sp³-hybridized carbons (Fsp3) is 0.444. The molecule has 3 rings (SSSR count). The standard InChI is InChI=1S/C18H23N5O3/c1-12(24)20-11-17-22-21-16-8-7-15(23(16)17)18(25)19-10-9-13-3-5-14(26-2)6-4-13/h3-6,15H,7-11H2,1-2H3,(H,19,25)(H,20,24). The van der Waals surface area contributed by atoms with E-state index in [4.69, 9.17) is 4.74 Å². The van der Waals surface area contributed by atoms with E-state index in [1.54, 1.807) is 7.11 Å². The van der Waals surface area contributed by atoms with E-state index in [0.717, 1.165) is 23.6 Å². The highest BCUT2D eigenvalue weighted by molar-refractivity contribution is 5.81. The third-order valence-electron chi connectivity index (χ3n) is 4.46. The van der Waals surface area contributed by atoms with Gasteiger partial charge in [-0.2, -0.15) is 0 Å². The summed E-state index contributed by atoms with van der Waals surface area (Å²) in [6, 6.07) is 7.48. The van der Waals surface area contributed by atoms with Crippen LogP contribution in [0.25, 0.3) is 0 Å². The Bertz CT molecular complexity index is 785. The number of fused-ring (bicyclic) bond motifs is 1. The van der Waals surface area contributed by atoms with Crippen LogP contribution >= 0.6 is 0 Å². The number of carbonyl (C=O) groups excluding carboxylic acids is 2. The summed E-state index contributed by atoms with van der Waals surface area (Å²) < 4.78 is 6.99. The average molecular weight is 357 g/mol. The molecule has 8 heteroatoms. The maximum atomic E-state index is 12.6. The monoisotopic (exact) mass is 357 g/mol. The third kappa shape index (κ3) is 4.01. The van der Waals surface area contributed by atoms with Crippen LogP contribution in [0.4, 0.5) is 0 Å². The summed E-state index contributed by atoms with van der Waals surface area (Å²) in [5, 5.41) is 13.9. The molecule has 1 aliphatic heterocycles. The maximum Gasteiger partial charge on any atom is 0.243 e. The molecule has 8 nitrogen and oxygen atoms in total. The lowest BCUT2D eigenvalue weighted by Crippen LogP contribution is -2.34. The molecule has 138 valence electrons. The molecule has 1 aliphatic rings. The van der Waals surface area contributed by atoms with Crippen LogP contribution in [0.5, 0.6) is 5.75 Å². The molecule has 0 radical (unpaired) electrons. The minimum absolute atomic E-state index is 0.0406. The van der Waals surface area contributed by atoms with Crippen molar-refractivity contribution >= 4 is 11.8 Å². The van der Waals surface area contributed by atoms with Crippen LogP contribution < -0.4 is 15.4 Å². The number of hydrogen-bond acceptors (Lipinski definition) is 5. The smallest absolute Gasteiger partial charge is 0.243 e. The van der Waals surface area contributed by atoms with Crippen molar-refractivity contribution in [2.75, 3.05) is 13.7 Å². The fourth-order valence-electron chi connectivity index (χ4n) is 3.10. The van der Waals surface area contributed by atoms with Crippen LogP contribution in [0, 0.1) is 0 Å². The second-order valence-corrected chi connectivity index (χ2v) is 6.26. The molecule has 2 aromatic rings. The summed E-state index contributed by atoms with van der Waals surface area (Å²) >= 11 is 0. The molecule has 0 fully saturated rings. The number of aromatic nitrogens is 3. The van der Waals surface area contributed by atoms with E-state index >= 15 is 0 Å². The van der Waals surface area contributed by atoms with Crippen LogP contribution in [-0.2, 0) is 29.0 Å². The molecular weight excluding hydrogens is 334 g/mol. The first kappa shape index (κ1) is 17.9. The maximum absolute atomic E-state index is 12.6. The molecule has 0 bridgehead atoms. The van der Waals surface area contributed by atoms with E-state index in [9.17, 15) is 9.59 Å². The van der Waals surface area contributed by atoms with Crippen LogP contribution in [-0.4, -0.2) is 40.2 Å². The summed E-state index contributed by atoms with van der Waals surface area (Å²) in [5.41, 5.74) is 1.13. The van der Waals surface area contributed by atoms with Crippen LogP contribution in [0.15, 0.2) is 24.3 Å². The quantitative estimate of drug-likeness (QED) is 0.763. The molecule has 0 spiro atoms. The van der Waals surface area contributed by atoms with Gasteiger partial charge in [0.05, 0.1) is 13.7 Å². The minimum Gasteiger partial charge on any atom is -0.497 e. The van der Waals surface area contributed by atoms with Gasteiger partial charge in [0.15, 0.2) is 5.82 Å². The first-order valence-corrected chi connectivity index (χ1v) is 8.66. The highest BCUT2D eigenvalue weighted by atomic mass is 16.5. The molecular formula is C18H23N5O3. The summed E-state index contributed by atoms with van der Waals surface area (Å²) in [5.74, 6) is 2.04. The van der Waals surface area contributed by atoms with E-state index in [2.05, 4.69) is 20.8 Å². The Morgan fingerprint density at radius 2 is 2.00 bits per heavy atom. The molecule has 1 atom stereocenters. The summed E-state index contributed by atoms with van der Waals surface area (Å²) in [7, 11) is 1.64. The molecule has 0 aliphatic carbocycles. The van der Waals surface area contributed by atoms with Crippen LogP contribution in [0.1, 0.15) is 36.6 Å². The Morgan fingerprint density at radius 1 is 1.23 bits per heavy atom. The van der Waals surface area contributed by atoms with Crippen LogP contribution in [0.2, 0.25) is 0 Å². The van der Waals surface area contributed by atoms with Gasteiger partial charge in [-0.25, -0.2) is 0 Å². The number of methoxy groups -OCH3 is 1. The predicted molar refractivity (Wildman–Crippen MR) is 94.6 cm³/mol. The minimum atomic E-state index is -0.320. The van der Waals surface area contributed by atoms with E-state index < -0.39 is 0 Å². The second kappa shape index (κ2) is 7.99. The number of carbonyl (C=O) groups is 2. The van der Waals surface area contributed by atoms with Gasteiger partial charge in [0.1, 0.15) is 17.6 Å². The molecule has 1 aromatic heterocycles. The van der Waals surface area contributed by atoms with Crippen LogP contribution in [0.3, 0.4) is 0 Å². The summed E-state index contributed by atoms with van der Waals surface area (Å²) in [4.78, 5) is 23.7. The van der Waals surface area contributed by atoms with Gasteiger partial charge in [-0.15, -0.1) is 10.2 Å². The van der Waals surface area contributed by atoms with E-state index in [-0.39, 0.29) is 24.4 Å². The van der Waals surface area contributed by atoms with E-state index in [1.807, 2.05) is 28.8 Å². The zero-order chi connectivity index (χ0) is 18.5. The number of ether oxygens (including phenoxy) is 1. The van der Waals surface area contributed by atoms with E-state index in [0.29, 0.717) is 25.2 Å². The fourth-order valence-corrected chi connectivity index (χ4v) is 3.10. The molecule has 2 N–H and O–H groups in total. The molecule has 1 unspecified atom stereocenters. The lowest BCUT2D eigenvalue weighted by Gasteiger charge is -2.15. The Morgan fingerprint density at radius 3 is 2.69 bits per heavy atom. The number of benzene rings is 1. The van der Waals surface area contributed by atoms with E-state index in [1.165, 1.54) is 6.92 Å².